The lowest BCUT2D eigenvalue weighted by Crippen LogP contribution is -2.39. The van der Waals surface area contributed by atoms with Crippen LogP contribution < -0.4 is 20.3 Å². The molecule has 1 fully saturated rings. The van der Waals surface area contributed by atoms with Gasteiger partial charge in [0.05, 0.1) is 23.9 Å². The van der Waals surface area contributed by atoms with Gasteiger partial charge in [-0.25, -0.2) is 4.79 Å². The molecule has 2 aromatic rings. The molecule has 1 atom stereocenters. The summed E-state index contributed by atoms with van der Waals surface area (Å²) in [5, 5.41) is 6.28. The second-order valence-corrected chi connectivity index (χ2v) is 6.67. The maximum Gasteiger partial charge on any atom is 0.319 e. The Balaban J connectivity index is 1.63. The van der Waals surface area contributed by atoms with Gasteiger partial charge in [-0.1, -0.05) is 29.3 Å². The van der Waals surface area contributed by atoms with Gasteiger partial charge in [0.1, 0.15) is 5.75 Å². The molecule has 1 aliphatic rings. The first-order valence-electron chi connectivity index (χ1n) is 7.93. The quantitative estimate of drug-likeness (QED) is 0.826. The van der Waals surface area contributed by atoms with Gasteiger partial charge in [0.25, 0.3) is 0 Å². The third-order valence-electron chi connectivity index (χ3n) is 4.00. The maximum atomic E-state index is 12.3. The Bertz CT molecular complexity index is 844. The van der Waals surface area contributed by atoms with Crippen molar-refractivity contribution in [3.63, 3.8) is 0 Å². The molecule has 0 radical (unpaired) electrons. The minimum Gasteiger partial charge on any atom is -0.497 e. The SMILES string of the molecule is COc1cccc(N2C[C@H](NC(=O)Nc3cc(Cl)ccc3Cl)CC2=O)c1. The van der Waals surface area contributed by atoms with Crippen molar-refractivity contribution >= 4 is 46.5 Å². The number of methoxy groups -OCH3 is 1. The van der Waals surface area contributed by atoms with Crippen LogP contribution >= 0.6 is 23.2 Å². The van der Waals surface area contributed by atoms with Gasteiger partial charge in [-0.15, -0.1) is 0 Å². The van der Waals surface area contributed by atoms with Gasteiger partial charge in [0.15, 0.2) is 0 Å². The second-order valence-electron chi connectivity index (χ2n) is 5.83. The van der Waals surface area contributed by atoms with Crippen molar-refractivity contribution in [2.75, 3.05) is 23.9 Å². The van der Waals surface area contributed by atoms with Crippen LogP contribution in [0.4, 0.5) is 16.2 Å². The molecule has 1 heterocycles. The predicted octanol–water partition coefficient (Wildman–Crippen LogP) is 3.93. The van der Waals surface area contributed by atoms with Crippen LogP contribution in [0.15, 0.2) is 42.5 Å². The molecule has 2 aromatic carbocycles. The summed E-state index contributed by atoms with van der Waals surface area (Å²) in [6.45, 7) is 0.378. The molecule has 1 saturated heterocycles. The summed E-state index contributed by atoms with van der Waals surface area (Å²) >= 11 is 11.9. The van der Waals surface area contributed by atoms with Crippen LogP contribution in [-0.4, -0.2) is 31.6 Å². The number of urea groups is 1. The van der Waals surface area contributed by atoms with Gasteiger partial charge in [-0.05, 0) is 30.3 Å². The molecule has 0 saturated carbocycles. The van der Waals surface area contributed by atoms with E-state index in [1.165, 1.54) is 0 Å². The van der Waals surface area contributed by atoms with E-state index >= 15 is 0 Å². The van der Waals surface area contributed by atoms with Crippen LogP contribution in [-0.2, 0) is 4.79 Å². The van der Waals surface area contributed by atoms with E-state index in [-0.39, 0.29) is 18.4 Å². The molecule has 2 N–H and O–H groups in total. The van der Waals surface area contributed by atoms with Gasteiger partial charge >= 0.3 is 6.03 Å². The van der Waals surface area contributed by atoms with Crippen LogP contribution in [0.2, 0.25) is 10.0 Å². The number of benzene rings is 2. The highest BCUT2D eigenvalue weighted by Crippen LogP contribution is 2.27. The summed E-state index contributed by atoms with van der Waals surface area (Å²) in [4.78, 5) is 26.1. The van der Waals surface area contributed by atoms with Gasteiger partial charge in [0.2, 0.25) is 5.91 Å². The number of carbonyl (C=O) groups is 2. The monoisotopic (exact) mass is 393 g/mol. The Morgan fingerprint density at radius 3 is 2.81 bits per heavy atom. The highest BCUT2D eigenvalue weighted by molar-refractivity contribution is 6.35. The van der Waals surface area contributed by atoms with Gasteiger partial charge < -0.3 is 20.3 Å². The molecule has 3 amide bonds. The smallest absolute Gasteiger partial charge is 0.319 e. The Labute approximate surface area is 161 Å². The van der Waals surface area contributed by atoms with E-state index in [0.717, 1.165) is 5.69 Å². The minimum atomic E-state index is -0.445. The van der Waals surface area contributed by atoms with Gasteiger partial charge in [-0.2, -0.15) is 0 Å². The summed E-state index contributed by atoms with van der Waals surface area (Å²) in [7, 11) is 1.57. The van der Waals surface area contributed by atoms with Crippen LogP contribution in [0, 0.1) is 0 Å². The number of hydrogen-bond donors (Lipinski definition) is 2. The molecule has 26 heavy (non-hydrogen) atoms. The Morgan fingerprint density at radius 1 is 1.23 bits per heavy atom. The highest BCUT2D eigenvalue weighted by Gasteiger charge is 2.31. The van der Waals surface area contributed by atoms with Crippen molar-refractivity contribution < 1.29 is 14.3 Å². The lowest BCUT2D eigenvalue weighted by molar-refractivity contribution is -0.117. The standard InChI is InChI=1S/C18H17Cl2N3O3/c1-26-14-4-2-3-13(9-14)23-10-12(8-17(23)24)21-18(25)22-16-7-11(19)5-6-15(16)20/h2-7,9,12H,8,10H2,1H3,(H2,21,22,25)/t12-/m1/s1. The van der Waals surface area contributed by atoms with Crippen molar-refractivity contribution in [3.8, 4) is 5.75 Å². The predicted molar refractivity (Wildman–Crippen MR) is 102 cm³/mol. The summed E-state index contributed by atoms with van der Waals surface area (Å²) < 4.78 is 5.19. The van der Waals surface area contributed by atoms with E-state index in [0.29, 0.717) is 28.0 Å². The van der Waals surface area contributed by atoms with Crippen molar-refractivity contribution in [2.45, 2.75) is 12.5 Å². The lowest BCUT2D eigenvalue weighted by atomic mass is 10.2. The Morgan fingerprint density at radius 2 is 2.04 bits per heavy atom. The van der Waals surface area contributed by atoms with Crippen LogP contribution in [0.25, 0.3) is 0 Å². The van der Waals surface area contributed by atoms with E-state index in [4.69, 9.17) is 27.9 Å². The van der Waals surface area contributed by atoms with E-state index in [9.17, 15) is 9.59 Å². The zero-order valence-corrected chi connectivity index (χ0v) is 15.5. The van der Waals surface area contributed by atoms with Crippen molar-refractivity contribution in [3.05, 3.63) is 52.5 Å². The lowest BCUT2D eigenvalue weighted by Gasteiger charge is -2.18. The fraction of sp³-hybridized carbons (Fsp3) is 0.222. The third kappa shape index (κ3) is 4.20. The molecule has 0 aliphatic carbocycles. The van der Waals surface area contributed by atoms with Gasteiger partial charge in [-0.3, -0.25) is 4.79 Å². The number of nitrogens with zero attached hydrogens (tertiary/aromatic N) is 1. The first-order chi connectivity index (χ1) is 12.5. The van der Waals surface area contributed by atoms with E-state index in [1.807, 2.05) is 18.2 Å². The maximum absolute atomic E-state index is 12.3. The van der Waals surface area contributed by atoms with Crippen LogP contribution in [0.1, 0.15) is 6.42 Å². The van der Waals surface area contributed by atoms with Crippen LogP contribution in [0.5, 0.6) is 5.75 Å². The van der Waals surface area contributed by atoms with E-state index in [2.05, 4.69) is 10.6 Å². The van der Waals surface area contributed by atoms with Crippen molar-refractivity contribution in [2.24, 2.45) is 0 Å². The number of ether oxygens (including phenoxy) is 1. The topological polar surface area (TPSA) is 70.7 Å². The molecule has 0 aromatic heterocycles. The molecule has 0 spiro atoms. The molecule has 0 unspecified atom stereocenters. The molecule has 3 rings (SSSR count). The molecule has 0 bridgehead atoms. The molecule has 1 aliphatic heterocycles. The largest absolute Gasteiger partial charge is 0.497 e. The summed E-state index contributed by atoms with van der Waals surface area (Å²) in [5.74, 6) is 0.601. The zero-order chi connectivity index (χ0) is 18.7. The summed E-state index contributed by atoms with van der Waals surface area (Å²) in [6.07, 6.45) is 0.216. The van der Waals surface area contributed by atoms with Gasteiger partial charge in [0, 0.05) is 29.7 Å². The minimum absolute atomic E-state index is 0.0654. The fourth-order valence-electron chi connectivity index (χ4n) is 2.77. The Kier molecular flexibility index (Phi) is 5.54. The zero-order valence-electron chi connectivity index (χ0n) is 14.0. The highest BCUT2D eigenvalue weighted by atomic mass is 35.5. The summed E-state index contributed by atoms with van der Waals surface area (Å²) in [5.41, 5.74) is 1.14. The van der Waals surface area contributed by atoms with Crippen molar-refractivity contribution in [1.29, 1.82) is 0 Å². The molecular formula is C18H17Cl2N3O3. The number of anilines is 2. The number of amides is 3. The number of hydrogen-bond acceptors (Lipinski definition) is 3. The number of rotatable bonds is 4. The van der Waals surface area contributed by atoms with Crippen LogP contribution in [0.3, 0.4) is 0 Å². The summed E-state index contributed by atoms with van der Waals surface area (Å²) in [6, 6.07) is 11.3. The number of carbonyl (C=O) groups excluding carboxylic acids is 2. The number of nitrogens with one attached hydrogen (secondary N) is 2. The molecule has 6 nitrogen and oxygen atoms in total. The first kappa shape index (κ1) is 18.4. The Hall–Kier alpha value is -2.44. The molecule has 8 heteroatoms. The average molecular weight is 394 g/mol. The van der Waals surface area contributed by atoms with E-state index < -0.39 is 6.03 Å². The number of halogens is 2. The first-order valence-corrected chi connectivity index (χ1v) is 8.69. The molecular weight excluding hydrogens is 377 g/mol. The fourth-order valence-corrected chi connectivity index (χ4v) is 3.11. The third-order valence-corrected chi connectivity index (χ3v) is 4.57. The van der Waals surface area contributed by atoms with E-state index in [1.54, 1.807) is 36.3 Å². The normalized spacial score (nSPS) is 16.5. The average Bonchev–Trinajstić information content (AvgIpc) is 2.98. The second kappa shape index (κ2) is 7.85. The molecule has 136 valence electrons. The van der Waals surface area contributed by atoms with Crippen molar-refractivity contribution in [1.82, 2.24) is 5.32 Å².